The lowest BCUT2D eigenvalue weighted by atomic mass is 10.1. The molecule has 3 aromatic rings. The van der Waals surface area contributed by atoms with Crippen LogP contribution in [0.15, 0.2) is 64.0 Å². The number of hydrogen-bond acceptors (Lipinski definition) is 7. The molecule has 4 rings (SSSR count). The zero-order valence-electron chi connectivity index (χ0n) is 16.0. The van der Waals surface area contributed by atoms with Gasteiger partial charge >= 0.3 is 5.97 Å². The molecule has 0 amide bonds. The molecule has 0 aliphatic carbocycles. The van der Waals surface area contributed by atoms with Gasteiger partial charge in [-0.3, -0.25) is 4.99 Å². The smallest absolute Gasteiger partial charge is 0.338 e. The molecule has 7 heteroatoms. The summed E-state index contributed by atoms with van der Waals surface area (Å²) in [6.07, 6.45) is 0. The summed E-state index contributed by atoms with van der Waals surface area (Å²) in [7, 11) is 0. The number of aromatic nitrogens is 1. The van der Waals surface area contributed by atoms with Crippen LogP contribution in [-0.2, 0) is 17.1 Å². The van der Waals surface area contributed by atoms with Crippen LogP contribution in [0, 0.1) is 6.92 Å². The fraction of sp³-hybridized carbons (Fsp3) is 0.227. The monoisotopic (exact) mass is 424 g/mol. The largest absolute Gasteiger partial charge is 0.455 e. The Morgan fingerprint density at radius 3 is 2.76 bits per heavy atom. The van der Waals surface area contributed by atoms with Crippen LogP contribution in [0.5, 0.6) is 0 Å². The lowest BCUT2D eigenvalue weighted by molar-refractivity contribution is 0.0466. The number of nitrogens with zero attached hydrogens (tertiary/aromatic N) is 2. The predicted molar refractivity (Wildman–Crippen MR) is 118 cm³/mol. The number of aryl methyl sites for hydroxylation is 1. The standard InChI is InChI=1S/C22H20N2O3S2/c1-15-19(24-20(27-15)16-7-3-2-4-8-16)13-26-21(25)18-10-6-5-9-17(18)14-29-22-23-11-12-28-22/h2-10H,11-14H2,1H3. The number of esters is 1. The van der Waals surface area contributed by atoms with Crippen LogP contribution in [0.4, 0.5) is 0 Å². The Kier molecular flexibility index (Phi) is 6.36. The van der Waals surface area contributed by atoms with Crippen molar-refractivity contribution in [2.75, 3.05) is 12.3 Å². The van der Waals surface area contributed by atoms with Crippen molar-refractivity contribution in [1.29, 1.82) is 0 Å². The van der Waals surface area contributed by atoms with Gasteiger partial charge in [-0.05, 0) is 30.7 Å². The molecule has 0 spiro atoms. The highest BCUT2D eigenvalue weighted by Crippen LogP contribution is 2.27. The van der Waals surface area contributed by atoms with E-state index in [1.807, 2.05) is 55.5 Å². The molecular formula is C22H20N2O3S2. The average Bonchev–Trinajstić information content (AvgIpc) is 3.41. The number of oxazole rings is 1. The summed E-state index contributed by atoms with van der Waals surface area (Å²) in [6.45, 7) is 2.77. The van der Waals surface area contributed by atoms with Gasteiger partial charge in [0, 0.05) is 17.1 Å². The van der Waals surface area contributed by atoms with E-state index in [1.54, 1.807) is 29.6 Å². The van der Waals surface area contributed by atoms with Crippen LogP contribution in [-0.4, -0.2) is 27.6 Å². The van der Waals surface area contributed by atoms with E-state index in [1.165, 1.54) is 0 Å². The van der Waals surface area contributed by atoms with Gasteiger partial charge < -0.3 is 9.15 Å². The van der Waals surface area contributed by atoms with E-state index in [-0.39, 0.29) is 12.6 Å². The highest BCUT2D eigenvalue weighted by atomic mass is 32.2. The van der Waals surface area contributed by atoms with Crippen molar-refractivity contribution in [3.05, 3.63) is 77.2 Å². The van der Waals surface area contributed by atoms with E-state index in [2.05, 4.69) is 9.98 Å². The summed E-state index contributed by atoms with van der Waals surface area (Å²) in [6, 6.07) is 17.2. The number of carbonyl (C=O) groups is 1. The Morgan fingerprint density at radius 2 is 1.97 bits per heavy atom. The Morgan fingerprint density at radius 1 is 1.17 bits per heavy atom. The Bertz CT molecular complexity index is 1030. The molecule has 148 valence electrons. The number of hydrogen-bond donors (Lipinski definition) is 0. The van der Waals surface area contributed by atoms with E-state index in [0.717, 1.165) is 27.8 Å². The molecule has 0 N–H and O–H groups in total. The molecular weight excluding hydrogens is 404 g/mol. The molecule has 2 aromatic carbocycles. The first kappa shape index (κ1) is 19.8. The number of thioether (sulfide) groups is 2. The zero-order chi connectivity index (χ0) is 20.1. The minimum absolute atomic E-state index is 0.0744. The molecule has 29 heavy (non-hydrogen) atoms. The molecule has 1 aromatic heterocycles. The second-order valence-corrected chi connectivity index (χ2v) is 8.71. The third kappa shape index (κ3) is 4.92. The van der Waals surface area contributed by atoms with E-state index >= 15 is 0 Å². The molecule has 0 radical (unpaired) electrons. The molecule has 2 heterocycles. The van der Waals surface area contributed by atoms with Crippen LogP contribution in [0.2, 0.25) is 0 Å². The molecule has 1 aliphatic rings. The highest BCUT2D eigenvalue weighted by Gasteiger charge is 2.17. The molecule has 0 unspecified atom stereocenters. The van der Waals surface area contributed by atoms with E-state index in [9.17, 15) is 4.79 Å². The van der Waals surface area contributed by atoms with Crippen LogP contribution in [0.3, 0.4) is 0 Å². The van der Waals surface area contributed by atoms with Gasteiger partial charge in [-0.15, -0.1) is 0 Å². The first-order chi connectivity index (χ1) is 14.2. The highest BCUT2D eigenvalue weighted by molar-refractivity contribution is 8.38. The number of ether oxygens (including phenoxy) is 1. The molecule has 0 bridgehead atoms. The SMILES string of the molecule is Cc1oc(-c2ccccc2)nc1COC(=O)c1ccccc1CSC1=NCCS1. The van der Waals surface area contributed by atoms with Crippen molar-refractivity contribution in [1.82, 2.24) is 4.98 Å². The number of rotatable bonds is 6. The summed E-state index contributed by atoms with van der Waals surface area (Å²) >= 11 is 3.43. The maximum absolute atomic E-state index is 12.7. The predicted octanol–water partition coefficient (Wildman–Crippen LogP) is 5.34. The normalized spacial score (nSPS) is 13.3. The maximum atomic E-state index is 12.7. The molecule has 0 saturated heterocycles. The van der Waals surface area contributed by atoms with Crippen molar-refractivity contribution in [2.45, 2.75) is 19.3 Å². The summed E-state index contributed by atoms with van der Waals surface area (Å²) in [5.41, 5.74) is 3.04. The second kappa shape index (κ2) is 9.33. The third-order valence-corrected chi connectivity index (χ3v) is 6.70. The Balaban J connectivity index is 1.42. The minimum Gasteiger partial charge on any atom is -0.455 e. The fourth-order valence-corrected chi connectivity index (χ4v) is 4.88. The van der Waals surface area contributed by atoms with Crippen molar-refractivity contribution in [3.8, 4) is 11.5 Å². The van der Waals surface area contributed by atoms with Gasteiger partial charge in [0.2, 0.25) is 5.89 Å². The second-order valence-electron chi connectivity index (χ2n) is 6.41. The van der Waals surface area contributed by atoms with Crippen LogP contribution < -0.4 is 0 Å². The van der Waals surface area contributed by atoms with Gasteiger partial charge in [-0.2, -0.15) is 0 Å². The number of carbonyl (C=O) groups excluding carboxylic acids is 1. The lowest BCUT2D eigenvalue weighted by Crippen LogP contribution is -2.09. The summed E-state index contributed by atoms with van der Waals surface area (Å²) in [4.78, 5) is 21.6. The zero-order valence-corrected chi connectivity index (χ0v) is 17.6. The van der Waals surface area contributed by atoms with Crippen LogP contribution in [0.25, 0.3) is 11.5 Å². The Hall–Kier alpha value is -2.51. The van der Waals surface area contributed by atoms with Gasteiger partial charge in [-0.1, -0.05) is 59.9 Å². The van der Waals surface area contributed by atoms with Crippen LogP contribution >= 0.6 is 23.5 Å². The summed E-state index contributed by atoms with van der Waals surface area (Å²) in [5.74, 6) is 2.55. The van der Waals surface area contributed by atoms with Crippen molar-refractivity contribution in [2.24, 2.45) is 4.99 Å². The topological polar surface area (TPSA) is 64.7 Å². The maximum Gasteiger partial charge on any atom is 0.338 e. The van der Waals surface area contributed by atoms with Crippen LogP contribution in [0.1, 0.15) is 27.4 Å². The molecule has 0 fully saturated rings. The Labute approximate surface area is 178 Å². The summed E-state index contributed by atoms with van der Waals surface area (Å²) < 4.78 is 12.4. The summed E-state index contributed by atoms with van der Waals surface area (Å²) in [5, 5.41) is 0. The third-order valence-electron chi connectivity index (χ3n) is 4.40. The van der Waals surface area contributed by atoms with Crippen molar-refractivity contribution < 1.29 is 13.9 Å². The number of benzene rings is 2. The van der Waals surface area contributed by atoms with Gasteiger partial charge in [0.25, 0.3) is 0 Å². The number of aliphatic imine (C=N–C) groups is 1. The molecule has 0 saturated carbocycles. The molecule has 0 atom stereocenters. The van der Waals surface area contributed by atoms with Gasteiger partial charge in [0.1, 0.15) is 22.4 Å². The van der Waals surface area contributed by atoms with E-state index in [4.69, 9.17) is 9.15 Å². The molecule has 5 nitrogen and oxygen atoms in total. The van der Waals surface area contributed by atoms with E-state index < -0.39 is 0 Å². The minimum atomic E-state index is -0.356. The van der Waals surface area contributed by atoms with Crippen molar-refractivity contribution >= 4 is 33.9 Å². The first-order valence-corrected chi connectivity index (χ1v) is 11.2. The van der Waals surface area contributed by atoms with Gasteiger partial charge in [0.15, 0.2) is 0 Å². The van der Waals surface area contributed by atoms with Crippen molar-refractivity contribution in [3.63, 3.8) is 0 Å². The van der Waals surface area contributed by atoms with E-state index in [0.29, 0.717) is 28.7 Å². The fourth-order valence-electron chi connectivity index (χ4n) is 2.87. The lowest BCUT2D eigenvalue weighted by Gasteiger charge is -2.09. The van der Waals surface area contributed by atoms with Gasteiger partial charge in [-0.25, -0.2) is 9.78 Å². The average molecular weight is 425 g/mol. The van der Waals surface area contributed by atoms with Gasteiger partial charge in [0.05, 0.1) is 12.1 Å². The first-order valence-electron chi connectivity index (χ1n) is 9.27. The quantitative estimate of drug-likeness (QED) is 0.498. The molecule has 1 aliphatic heterocycles.